The molecular weight excluding hydrogens is 206 g/mol. The summed E-state index contributed by atoms with van der Waals surface area (Å²) >= 11 is 0. The summed E-state index contributed by atoms with van der Waals surface area (Å²) in [6.07, 6.45) is 1.01. The second-order valence-electron chi connectivity index (χ2n) is 3.80. The quantitative estimate of drug-likeness (QED) is 0.679. The molecule has 0 amide bonds. The number of carboxylic acids is 1. The molecule has 0 aromatic rings. The van der Waals surface area contributed by atoms with Gasteiger partial charge in [0.15, 0.2) is 9.84 Å². The number of aliphatic carboxylic acids is 1. The van der Waals surface area contributed by atoms with Crippen molar-refractivity contribution in [1.29, 1.82) is 0 Å². The highest BCUT2D eigenvalue weighted by atomic mass is 32.2. The minimum atomic E-state index is -3.07. The number of nitrogens with one attached hydrogen (secondary N) is 1. The van der Waals surface area contributed by atoms with Crippen molar-refractivity contribution < 1.29 is 18.3 Å². The van der Waals surface area contributed by atoms with E-state index < -0.39 is 21.3 Å². The van der Waals surface area contributed by atoms with E-state index in [-0.39, 0.29) is 17.9 Å². The minimum absolute atomic E-state index is 0.0667. The molecule has 14 heavy (non-hydrogen) atoms. The van der Waals surface area contributed by atoms with E-state index in [0.717, 1.165) is 0 Å². The predicted molar refractivity (Wildman–Crippen MR) is 51.9 cm³/mol. The average Bonchev–Trinajstić information content (AvgIpc) is 2.01. The highest BCUT2D eigenvalue weighted by Gasteiger charge is 2.39. The summed E-state index contributed by atoms with van der Waals surface area (Å²) in [6.45, 7) is 0. The molecule has 0 bridgehead atoms. The van der Waals surface area contributed by atoms with E-state index in [4.69, 9.17) is 5.11 Å². The highest BCUT2D eigenvalue weighted by Crippen LogP contribution is 2.25. The molecule has 82 valence electrons. The number of rotatable bonds is 3. The lowest BCUT2D eigenvalue weighted by Crippen LogP contribution is -2.53. The van der Waals surface area contributed by atoms with Crippen molar-refractivity contribution in [3.8, 4) is 0 Å². The molecule has 1 aliphatic rings. The Kier molecular flexibility index (Phi) is 3.16. The first-order valence-corrected chi connectivity index (χ1v) is 6.32. The van der Waals surface area contributed by atoms with E-state index >= 15 is 0 Å². The standard InChI is InChI=1S/C8H15NO4S/c1-9-8(5-7(10)11)3-2-4-14(12,13)6-8/h9H,2-6H2,1H3,(H,10,11). The Labute approximate surface area is 83.4 Å². The summed E-state index contributed by atoms with van der Waals surface area (Å²) in [5, 5.41) is 11.5. The van der Waals surface area contributed by atoms with E-state index in [1.54, 1.807) is 7.05 Å². The third-order valence-electron chi connectivity index (χ3n) is 2.63. The van der Waals surface area contributed by atoms with E-state index in [9.17, 15) is 13.2 Å². The Bertz CT molecular complexity index is 324. The molecule has 0 aromatic carbocycles. The van der Waals surface area contributed by atoms with Crippen molar-refractivity contribution in [3.63, 3.8) is 0 Å². The van der Waals surface area contributed by atoms with Gasteiger partial charge in [-0.3, -0.25) is 4.79 Å². The van der Waals surface area contributed by atoms with Crippen LogP contribution in [-0.2, 0) is 14.6 Å². The lowest BCUT2D eigenvalue weighted by atomic mass is 9.92. The Morgan fingerprint density at radius 3 is 2.64 bits per heavy atom. The van der Waals surface area contributed by atoms with Gasteiger partial charge in [-0.15, -0.1) is 0 Å². The van der Waals surface area contributed by atoms with Crippen LogP contribution in [0.4, 0.5) is 0 Å². The number of sulfone groups is 1. The number of carboxylic acid groups (broad SMARTS) is 1. The molecule has 6 heteroatoms. The van der Waals surface area contributed by atoms with Gasteiger partial charge in [0.2, 0.25) is 0 Å². The van der Waals surface area contributed by atoms with E-state index in [2.05, 4.69) is 5.32 Å². The number of hydrogen-bond donors (Lipinski definition) is 2. The maximum absolute atomic E-state index is 11.4. The van der Waals surface area contributed by atoms with Crippen LogP contribution >= 0.6 is 0 Å². The molecule has 1 unspecified atom stereocenters. The summed E-state index contributed by atoms with van der Waals surface area (Å²) in [5.41, 5.74) is -0.761. The van der Waals surface area contributed by atoms with Crippen LogP contribution in [-0.4, -0.2) is 43.6 Å². The van der Waals surface area contributed by atoms with Crippen molar-refractivity contribution in [1.82, 2.24) is 5.32 Å². The molecule has 1 saturated heterocycles. The Morgan fingerprint density at radius 1 is 1.57 bits per heavy atom. The normalized spacial score (nSPS) is 31.2. The second-order valence-corrected chi connectivity index (χ2v) is 5.98. The Hall–Kier alpha value is -0.620. The maximum atomic E-state index is 11.4. The summed E-state index contributed by atoms with van der Waals surface area (Å²) in [7, 11) is -1.46. The zero-order valence-electron chi connectivity index (χ0n) is 8.12. The van der Waals surface area contributed by atoms with E-state index in [0.29, 0.717) is 12.8 Å². The molecule has 5 nitrogen and oxygen atoms in total. The average molecular weight is 221 g/mol. The van der Waals surface area contributed by atoms with Crippen LogP contribution in [0, 0.1) is 0 Å². The van der Waals surface area contributed by atoms with Gasteiger partial charge in [0.25, 0.3) is 0 Å². The van der Waals surface area contributed by atoms with E-state index in [1.807, 2.05) is 0 Å². The van der Waals surface area contributed by atoms with Crippen LogP contribution in [0.2, 0.25) is 0 Å². The zero-order valence-corrected chi connectivity index (χ0v) is 8.93. The van der Waals surface area contributed by atoms with Gasteiger partial charge in [0.1, 0.15) is 0 Å². The molecule has 0 saturated carbocycles. The maximum Gasteiger partial charge on any atom is 0.305 e. The third-order valence-corrected chi connectivity index (χ3v) is 4.53. The van der Waals surface area contributed by atoms with Crippen LogP contribution in [0.25, 0.3) is 0 Å². The van der Waals surface area contributed by atoms with Gasteiger partial charge in [0, 0.05) is 5.54 Å². The predicted octanol–water partition coefficient (Wildman–Crippen LogP) is -0.372. The van der Waals surface area contributed by atoms with Crippen molar-refractivity contribution in [2.75, 3.05) is 18.6 Å². The van der Waals surface area contributed by atoms with Crippen molar-refractivity contribution in [2.45, 2.75) is 24.8 Å². The lowest BCUT2D eigenvalue weighted by Gasteiger charge is -2.35. The first-order valence-electron chi connectivity index (χ1n) is 4.50. The fourth-order valence-electron chi connectivity index (χ4n) is 1.91. The molecule has 1 atom stereocenters. The summed E-state index contributed by atoms with van der Waals surface area (Å²) in [4.78, 5) is 10.6. The molecular formula is C8H15NO4S. The first-order chi connectivity index (χ1) is 6.39. The summed E-state index contributed by atoms with van der Waals surface area (Å²) in [5.74, 6) is -0.852. The molecule has 1 aliphatic heterocycles. The van der Waals surface area contributed by atoms with Gasteiger partial charge in [0.05, 0.1) is 17.9 Å². The number of hydrogen-bond acceptors (Lipinski definition) is 4. The van der Waals surface area contributed by atoms with Gasteiger partial charge in [-0.1, -0.05) is 0 Å². The monoisotopic (exact) mass is 221 g/mol. The molecule has 0 spiro atoms. The van der Waals surface area contributed by atoms with Crippen LogP contribution in [0.5, 0.6) is 0 Å². The summed E-state index contributed by atoms with van der Waals surface area (Å²) in [6, 6.07) is 0. The molecule has 0 radical (unpaired) electrons. The topological polar surface area (TPSA) is 83.5 Å². The lowest BCUT2D eigenvalue weighted by molar-refractivity contribution is -0.138. The van der Waals surface area contributed by atoms with Gasteiger partial charge < -0.3 is 10.4 Å². The fourth-order valence-corrected chi connectivity index (χ4v) is 3.87. The fraction of sp³-hybridized carbons (Fsp3) is 0.875. The SMILES string of the molecule is CNC1(CC(=O)O)CCCS(=O)(=O)C1. The number of carbonyl (C=O) groups is 1. The van der Waals surface area contributed by atoms with Gasteiger partial charge in [-0.05, 0) is 19.9 Å². The Balaban J connectivity index is 2.83. The first kappa shape index (κ1) is 11.5. The highest BCUT2D eigenvalue weighted by molar-refractivity contribution is 7.91. The third kappa shape index (κ3) is 2.68. The second kappa shape index (κ2) is 3.86. The van der Waals surface area contributed by atoms with E-state index in [1.165, 1.54) is 0 Å². The zero-order chi connectivity index (χ0) is 10.8. The Morgan fingerprint density at radius 2 is 2.21 bits per heavy atom. The van der Waals surface area contributed by atoms with Crippen molar-refractivity contribution in [3.05, 3.63) is 0 Å². The minimum Gasteiger partial charge on any atom is -0.481 e. The van der Waals surface area contributed by atoms with Gasteiger partial charge in [-0.2, -0.15) is 0 Å². The van der Waals surface area contributed by atoms with Crippen molar-refractivity contribution >= 4 is 15.8 Å². The summed E-state index contributed by atoms with van der Waals surface area (Å²) < 4.78 is 22.7. The molecule has 0 aromatic heterocycles. The molecule has 1 heterocycles. The molecule has 1 fully saturated rings. The van der Waals surface area contributed by atoms with Crippen LogP contribution in [0.1, 0.15) is 19.3 Å². The largest absolute Gasteiger partial charge is 0.481 e. The van der Waals surface area contributed by atoms with Gasteiger partial charge in [-0.25, -0.2) is 8.42 Å². The van der Waals surface area contributed by atoms with Gasteiger partial charge >= 0.3 is 5.97 Å². The van der Waals surface area contributed by atoms with Crippen LogP contribution < -0.4 is 5.32 Å². The molecule has 2 N–H and O–H groups in total. The van der Waals surface area contributed by atoms with Crippen LogP contribution in [0.3, 0.4) is 0 Å². The molecule has 1 rings (SSSR count). The molecule has 0 aliphatic carbocycles. The smallest absolute Gasteiger partial charge is 0.305 e. The van der Waals surface area contributed by atoms with Crippen molar-refractivity contribution in [2.24, 2.45) is 0 Å². The van der Waals surface area contributed by atoms with Crippen LogP contribution in [0.15, 0.2) is 0 Å².